The minimum absolute atomic E-state index is 0.0199. The molecular formula is C14H18N2O9. The van der Waals surface area contributed by atoms with Crippen LogP contribution in [0.15, 0.2) is 0 Å². The Morgan fingerprint density at radius 1 is 1.24 bits per heavy atom. The molecule has 2 heterocycles. The Bertz CT molecular complexity index is 575. The molecule has 1 spiro atoms. The largest absolute Gasteiger partial charge is 0.465 e. The summed E-state index contributed by atoms with van der Waals surface area (Å²) in [6.45, 7) is 1.26. The number of nitrogens with one attached hydrogen (secondary N) is 1. The summed E-state index contributed by atoms with van der Waals surface area (Å²) in [7, 11) is 0. The zero-order valence-corrected chi connectivity index (χ0v) is 13.5. The molecule has 2 amide bonds. The number of carbonyl (C=O) groups is 5. The first kappa shape index (κ1) is 18.5. The molecule has 0 saturated carbocycles. The van der Waals surface area contributed by atoms with E-state index < -0.39 is 48.2 Å². The number of esters is 3. The Morgan fingerprint density at radius 2 is 1.80 bits per heavy atom. The van der Waals surface area contributed by atoms with Crippen molar-refractivity contribution in [2.75, 3.05) is 26.2 Å². The Hall–Kier alpha value is -2.85. The minimum atomic E-state index is -1.84. The number of piperidine rings is 1. The lowest BCUT2D eigenvalue weighted by Crippen LogP contribution is -2.58. The van der Waals surface area contributed by atoms with Crippen LogP contribution in [0.5, 0.6) is 0 Å². The molecule has 2 rings (SSSR count). The number of ether oxygens (including phenoxy) is 3. The van der Waals surface area contributed by atoms with E-state index in [4.69, 9.17) is 14.6 Å². The summed E-state index contributed by atoms with van der Waals surface area (Å²) in [6, 6.07) is 0. The zero-order valence-electron chi connectivity index (χ0n) is 13.5. The number of hydrogen-bond acceptors (Lipinski definition) is 8. The molecule has 2 aliphatic rings. The van der Waals surface area contributed by atoms with Gasteiger partial charge in [0.2, 0.25) is 11.8 Å². The van der Waals surface area contributed by atoms with Crippen molar-refractivity contribution < 1.29 is 43.3 Å². The Morgan fingerprint density at radius 3 is 2.28 bits per heavy atom. The summed E-state index contributed by atoms with van der Waals surface area (Å²) >= 11 is 0. The number of nitrogens with zero attached hydrogens (tertiary/aromatic N) is 1. The molecule has 25 heavy (non-hydrogen) atoms. The van der Waals surface area contributed by atoms with Crippen LogP contribution in [0.1, 0.15) is 19.8 Å². The molecule has 2 fully saturated rings. The lowest BCUT2D eigenvalue weighted by atomic mass is 10.00. The van der Waals surface area contributed by atoms with Gasteiger partial charge in [0, 0.05) is 25.9 Å². The molecule has 0 aromatic rings. The number of carboxylic acid groups (broad SMARTS) is 1. The van der Waals surface area contributed by atoms with Crippen LogP contribution in [0.2, 0.25) is 0 Å². The van der Waals surface area contributed by atoms with E-state index in [-0.39, 0.29) is 32.5 Å². The van der Waals surface area contributed by atoms with Crippen molar-refractivity contribution in [3.63, 3.8) is 0 Å². The molecule has 11 heteroatoms. The summed E-state index contributed by atoms with van der Waals surface area (Å²) in [5, 5.41) is 11.0. The molecule has 2 N–H and O–H groups in total. The van der Waals surface area contributed by atoms with Gasteiger partial charge < -0.3 is 29.5 Å². The van der Waals surface area contributed by atoms with E-state index in [1.165, 1.54) is 0 Å². The highest BCUT2D eigenvalue weighted by atomic mass is 16.7. The molecule has 138 valence electrons. The lowest BCUT2D eigenvalue weighted by Gasteiger charge is -2.42. The monoisotopic (exact) mass is 358 g/mol. The first-order valence-corrected chi connectivity index (χ1v) is 7.65. The van der Waals surface area contributed by atoms with Crippen LogP contribution in [-0.2, 0) is 33.4 Å². The highest BCUT2D eigenvalue weighted by Crippen LogP contribution is 2.33. The lowest BCUT2D eigenvalue weighted by molar-refractivity contribution is -0.260. The third-order valence-electron chi connectivity index (χ3n) is 3.81. The van der Waals surface area contributed by atoms with E-state index in [9.17, 15) is 24.0 Å². The maximum Gasteiger partial charge on any atom is 0.407 e. The van der Waals surface area contributed by atoms with E-state index in [0.29, 0.717) is 0 Å². The molecule has 0 atom stereocenters. The second kappa shape index (κ2) is 7.36. The van der Waals surface area contributed by atoms with E-state index in [1.807, 2.05) is 0 Å². The van der Waals surface area contributed by atoms with Crippen molar-refractivity contribution in [1.29, 1.82) is 0 Å². The molecule has 0 radical (unpaired) electrons. The second-order valence-corrected chi connectivity index (χ2v) is 5.48. The van der Waals surface area contributed by atoms with Crippen LogP contribution in [-0.4, -0.2) is 71.9 Å². The topological polar surface area (TPSA) is 149 Å². The molecule has 11 nitrogen and oxygen atoms in total. The summed E-state index contributed by atoms with van der Waals surface area (Å²) < 4.78 is 14.9. The normalized spacial score (nSPS) is 19.8. The Kier molecular flexibility index (Phi) is 5.45. The van der Waals surface area contributed by atoms with Gasteiger partial charge >= 0.3 is 24.0 Å². The third-order valence-corrected chi connectivity index (χ3v) is 3.81. The second-order valence-electron chi connectivity index (χ2n) is 5.48. The minimum Gasteiger partial charge on any atom is -0.465 e. The van der Waals surface area contributed by atoms with Crippen molar-refractivity contribution in [3.8, 4) is 0 Å². The van der Waals surface area contributed by atoms with Gasteiger partial charge in [0.1, 0.15) is 6.54 Å². The molecule has 2 aliphatic heterocycles. The van der Waals surface area contributed by atoms with Gasteiger partial charge in [-0.15, -0.1) is 0 Å². The zero-order chi connectivity index (χ0) is 18.6. The van der Waals surface area contributed by atoms with Crippen LogP contribution in [0.3, 0.4) is 0 Å². The number of carbonyl (C=O) groups excluding carboxylic acids is 4. The van der Waals surface area contributed by atoms with Gasteiger partial charge in [0.05, 0.1) is 6.61 Å². The van der Waals surface area contributed by atoms with Gasteiger partial charge in [-0.3, -0.25) is 19.2 Å². The quantitative estimate of drug-likeness (QED) is 0.469. The van der Waals surface area contributed by atoms with Crippen LogP contribution in [0.4, 0.5) is 4.79 Å². The number of likely N-dealkylation sites (tertiary alicyclic amines) is 1. The predicted octanol–water partition coefficient (Wildman–Crippen LogP) is -1.15. The first-order valence-electron chi connectivity index (χ1n) is 7.65. The standard InChI is InChI=1S/C14H18N2O9/c1-2-23-8(17)7-15-10(18)9-11(19)24-14(25-12(9)20)3-5-16(6-4-14)13(21)22/h9H,2-7H2,1H3,(H,15,18)(H,21,22). The Labute approximate surface area is 142 Å². The van der Waals surface area contributed by atoms with Crippen molar-refractivity contribution >= 4 is 29.9 Å². The maximum absolute atomic E-state index is 12.1. The summed E-state index contributed by atoms with van der Waals surface area (Å²) in [6.07, 6.45) is -1.17. The molecule has 0 aromatic heterocycles. The summed E-state index contributed by atoms with van der Waals surface area (Å²) in [5.74, 6) is -7.33. The number of hydrogen-bond donors (Lipinski definition) is 2. The van der Waals surface area contributed by atoms with Crippen molar-refractivity contribution in [1.82, 2.24) is 10.2 Å². The van der Waals surface area contributed by atoms with Crippen molar-refractivity contribution in [2.45, 2.75) is 25.6 Å². The molecule has 0 aromatic carbocycles. The fourth-order valence-electron chi connectivity index (χ4n) is 2.53. The summed E-state index contributed by atoms with van der Waals surface area (Å²) in [4.78, 5) is 59.3. The third kappa shape index (κ3) is 4.17. The average Bonchev–Trinajstić information content (AvgIpc) is 2.53. The SMILES string of the molecule is CCOC(=O)CNC(=O)C1C(=O)OC2(CCN(C(=O)O)CC2)OC1=O. The highest BCUT2D eigenvalue weighted by Gasteiger charge is 2.53. The molecular weight excluding hydrogens is 340 g/mol. The fourth-order valence-corrected chi connectivity index (χ4v) is 2.53. The Balaban J connectivity index is 1.95. The average molecular weight is 358 g/mol. The van der Waals surface area contributed by atoms with Gasteiger partial charge in [-0.1, -0.05) is 0 Å². The van der Waals surface area contributed by atoms with E-state index in [0.717, 1.165) is 4.90 Å². The van der Waals surface area contributed by atoms with Crippen LogP contribution in [0.25, 0.3) is 0 Å². The van der Waals surface area contributed by atoms with Gasteiger partial charge in [-0.2, -0.15) is 0 Å². The molecule has 2 saturated heterocycles. The smallest absolute Gasteiger partial charge is 0.407 e. The fraction of sp³-hybridized carbons (Fsp3) is 0.643. The van der Waals surface area contributed by atoms with Gasteiger partial charge in [-0.05, 0) is 6.92 Å². The highest BCUT2D eigenvalue weighted by molar-refractivity contribution is 6.15. The van der Waals surface area contributed by atoms with Crippen LogP contribution < -0.4 is 5.32 Å². The van der Waals surface area contributed by atoms with Crippen molar-refractivity contribution in [3.05, 3.63) is 0 Å². The van der Waals surface area contributed by atoms with E-state index >= 15 is 0 Å². The summed E-state index contributed by atoms with van der Waals surface area (Å²) in [5.41, 5.74) is 0. The predicted molar refractivity (Wildman–Crippen MR) is 76.9 cm³/mol. The maximum atomic E-state index is 12.1. The van der Waals surface area contributed by atoms with Crippen molar-refractivity contribution in [2.24, 2.45) is 5.92 Å². The van der Waals surface area contributed by atoms with Gasteiger partial charge in [0.15, 0.2) is 0 Å². The number of rotatable bonds is 4. The first-order chi connectivity index (χ1) is 11.8. The molecule has 0 unspecified atom stereocenters. The molecule has 0 aliphatic carbocycles. The molecule has 0 bridgehead atoms. The van der Waals surface area contributed by atoms with Crippen LogP contribution >= 0.6 is 0 Å². The number of amides is 2. The van der Waals surface area contributed by atoms with E-state index in [1.54, 1.807) is 6.92 Å². The van der Waals surface area contributed by atoms with Gasteiger partial charge in [-0.25, -0.2) is 4.79 Å². The van der Waals surface area contributed by atoms with E-state index in [2.05, 4.69) is 10.1 Å². The van der Waals surface area contributed by atoms with Crippen LogP contribution in [0, 0.1) is 5.92 Å². The van der Waals surface area contributed by atoms with Gasteiger partial charge in [0.25, 0.3) is 5.79 Å².